The minimum absolute atomic E-state index is 0.0744. The van der Waals surface area contributed by atoms with Crippen LogP contribution in [0.25, 0.3) is 0 Å². The van der Waals surface area contributed by atoms with Crippen molar-refractivity contribution >= 4 is 29.3 Å². The van der Waals surface area contributed by atoms with E-state index in [1.807, 2.05) is 7.05 Å². The summed E-state index contributed by atoms with van der Waals surface area (Å²) >= 11 is 5.74. The summed E-state index contributed by atoms with van der Waals surface area (Å²) in [4.78, 5) is 27.0. The Kier molecular flexibility index (Phi) is 4.44. The zero-order chi connectivity index (χ0) is 15.4. The maximum Gasteiger partial charge on any atom is 0.337 e. The van der Waals surface area contributed by atoms with E-state index < -0.39 is 12.0 Å². The zero-order valence-corrected chi connectivity index (χ0v) is 11.9. The summed E-state index contributed by atoms with van der Waals surface area (Å²) < 4.78 is 1.77. The molecule has 0 spiro atoms. The van der Waals surface area contributed by atoms with E-state index >= 15 is 0 Å². The third kappa shape index (κ3) is 3.73. The number of hydrogen-bond donors (Lipinski definition) is 3. The Morgan fingerprint density at radius 2 is 2.19 bits per heavy atom. The van der Waals surface area contributed by atoms with Crippen molar-refractivity contribution in [1.82, 2.24) is 14.9 Å². The van der Waals surface area contributed by atoms with E-state index in [0.29, 0.717) is 5.82 Å². The van der Waals surface area contributed by atoms with Crippen LogP contribution in [0.3, 0.4) is 0 Å². The molecule has 2 amide bonds. The molecule has 0 atom stereocenters. The minimum atomic E-state index is -1.17. The number of nitrogens with zero attached hydrogens (tertiary/aromatic N) is 2. The van der Waals surface area contributed by atoms with Crippen LogP contribution >= 0.6 is 11.6 Å². The lowest BCUT2D eigenvalue weighted by atomic mass is 10.2. The second-order valence-corrected chi connectivity index (χ2v) is 4.69. The first-order valence-corrected chi connectivity index (χ1v) is 6.39. The largest absolute Gasteiger partial charge is 0.478 e. The van der Waals surface area contributed by atoms with E-state index in [9.17, 15) is 9.59 Å². The number of aryl methyl sites for hydroxylation is 1. The molecule has 0 saturated heterocycles. The number of carboxylic acids is 1. The number of hydrogen-bond acceptors (Lipinski definition) is 3. The Labute approximate surface area is 125 Å². The number of carbonyl (C=O) groups excluding carboxylic acids is 1. The van der Waals surface area contributed by atoms with Gasteiger partial charge in [0.2, 0.25) is 0 Å². The van der Waals surface area contributed by atoms with Crippen molar-refractivity contribution in [2.24, 2.45) is 7.05 Å². The SMILES string of the molecule is Cn1ccnc1CNC(=O)Nc1ccc(Cl)cc1C(=O)O. The molecular weight excluding hydrogens is 296 g/mol. The lowest BCUT2D eigenvalue weighted by molar-refractivity contribution is 0.0698. The van der Waals surface area contributed by atoms with Gasteiger partial charge in [-0.25, -0.2) is 14.6 Å². The van der Waals surface area contributed by atoms with Crippen molar-refractivity contribution < 1.29 is 14.7 Å². The molecule has 1 aromatic carbocycles. The monoisotopic (exact) mass is 308 g/mol. The fourth-order valence-corrected chi connectivity index (χ4v) is 1.87. The number of carboxylic acid groups (broad SMARTS) is 1. The van der Waals surface area contributed by atoms with Crippen molar-refractivity contribution in [2.75, 3.05) is 5.32 Å². The quantitative estimate of drug-likeness (QED) is 0.805. The molecule has 3 N–H and O–H groups in total. The van der Waals surface area contributed by atoms with Gasteiger partial charge in [-0.3, -0.25) is 0 Å². The molecule has 0 saturated carbocycles. The molecule has 7 nitrogen and oxygen atoms in total. The number of halogens is 1. The summed E-state index contributed by atoms with van der Waals surface area (Å²) in [5, 5.41) is 14.4. The number of amides is 2. The normalized spacial score (nSPS) is 10.2. The van der Waals surface area contributed by atoms with E-state index in [1.165, 1.54) is 18.2 Å². The molecule has 0 fully saturated rings. The average molecular weight is 309 g/mol. The molecule has 0 bridgehead atoms. The predicted molar refractivity (Wildman–Crippen MR) is 77.5 cm³/mol. The van der Waals surface area contributed by atoms with E-state index in [-0.39, 0.29) is 22.8 Å². The lowest BCUT2D eigenvalue weighted by Crippen LogP contribution is -2.29. The number of aromatic carboxylic acids is 1. The van der Waals surface area contributed by atoms with E-state index in [0.717, 1.165) is 0 Å². The van der Waals surface area contributed by atoms with Crippen LogP contribution in [0.1, 0.15) is 16.2 Å². The molecule has 0 aliphatic carbocycles. The fourth-order valence-electron chi connectivity index (χ4n) is 1.70. The van der Waals surface area contributed by atoms with Crippen LogP contribution in [-0.4, -0.2) is 26.7 Å². The van der Waals surface area contributed by atoms with Crippen molar-refractivity contribution in [3.8, 4) is 0 Å². The van der Waals surface area contributed by atoms with Gasteiger partial charge in [0.1, 0.15) is 5.82 Å². The lowest BCUT2D eigenvalue weighted by Gasteiger charge is -2.10. The molecule has 2 rings (SSSR count). The number of anilines is 1. The van der Waals surface area contributed by atoms with Gasteiger partial charge < -0.3 is 20.3 Å². The molecule has 2 aromatic rings. The molecule has 0 radical (unpaired) electrons. The molecule has 110 valence electrons. The Bertz CT molecular complexity index is 684. The van der Waals surface area contributed by atoms with E-state index in [2.05, 4.69) is 15.6 Å². The van der Waals surface area contributed by atoms with Gasteiger partial charge in [-0.2, -0.15) is 0 Å². The fraction of sp³-hybridized carbons (Fsp3) is 0.154. The highest BCUT2D eigenvalue weighted by Gasteiger charge is 2.13. The molecule has 0 aliphatic rings. The highest BCUT2D eigenvalue weighted by molar-refractivity contribution is 6.31. The Morgan fingerprint density at radius 3 is 2.81 bits per heavy atom. The number of carbonyl (C=O) groups is 2. The first-order valence-electron chi connectivity index (χ1n) is 6.01. The number of nitrogens with one attached hydrogen (secondary N) is 2. The van der Waals surface area contributed by atoms with Gasteiger partial charge in [-0.15, -0.1) is 0 Å². The highest BCUT2D eigenvalue weighted by atomic mass is 35.5. The summed E-state index contributed by atoms with van der Waals surface area (Å²) in [6.45, 7) is 0.228. The maximum atomic E-state index is 11.8. The van der Waals surface area contributed by atoms with Crippen LogP contribution in [0.4, 0.5) is 10.5 Å². The highest BCUT2D eigenvalue weighted by Crippen LogP contribution is 2.20. The Balaban J connectivity index is 2.03. The summed E-state index contributed by atoms with van der Waals surface area (Å²) in [5.74, 6) is -0.489. The van der Waals surface area contributed by atoms with Gasteiger partial charge in [-0.1, -0.05) is 11.6 Å². The first-order chi connectivity index (χ1) is 9.97. The number of benzene rings is 1. The third-order valence-corrected chi connectivity index (χ3v) is 3.02. The Morgan fingerprint density at radius 1 is 1.43 bits per heavy atom. The van der Waals surface area contributed by atoms with Gasteiger partial charge >= 0.3 is 12.0 Å². The van der Waals surface area contributed by atoms with E-state index in [4.69, 9.17) is 16.7 Å². The third-order valence-electron chi connectivity index (χ3n) is 2.79. The van der Waals surface area contributed by atoms with Crippen LogP contribution < -0.4 is 10.6 Å². The second-order valence-electron chi connectivity index (χ2n) is 4.26. The van der Waals surface area contributed by atoms with Gasteiger partial charge in [0.05, 0.1) is 17.8 Å². The number of urea groups is 1. The van der Waals surface area contributed by atoms with Crippen molar-refractivity contribution in [3.63, 3.8) is 0 Å². The van der Waals surface area contributed by atoms with E-state index in [1.54, 1.807) is 17.0 Å². The Hall–Kier alpha value is -2.54. The molecular formula is C13H13ClN4O3. The standard InChI is InChI=1S/C13H13ClN4O3/c1-18-5-4-15-11(18)7-16-13(21)17-10-3-2-8(14)6-9(10)12(19)20/h2-6H,7H2,1H3,(H,19,20)(H2,16,17,21). The van der Waals surface area contributed by atoms with Crippen molar-refractivity contribution in [1.29, 1.82) is 0 Å². The summed E-state index contributed by atoms with van der Waals surface area (Å²) in [6.07, 6.45) is 3.38. The van der Waals surface area contributed by atoms with Crippen LogP contribution in [0.2, 0.25) is 5.02 Å². The molecule has 1 heterocycles. The van der Waals surface area contributed by atoms with Gasteiger partial charge in [0, 0.05) is 24.5 Å². The van der Waals surface area contributed by atoms with Gasteiger partial charge in [0.15, 0.2) is 0 Å². The number of imidazole rings is 1. The smallest absolute Gasteiger partial charge is 0.337 e. The van der Waals surface area contributed by atoms with Crippen LogP contribution in [0.5, 0.6) is 0 Å². The molecule has 1 aromatic heterocycles. The summed E-state index contributed by atoms with van der Waals surface area (Å²) in [5.41, 5.74) is 0.0962. The molecule has 21 heavy (non-hydrogen) atoms. The molecule has 8 heteroatoms. The number of aromatic nitrogens is 2. The summed E-state index contributed by atoms with van der Waals surface area (Å²) in [6, 6.07) is 3.69. The molecule has 0 aliphatic heterocycles. The maximum absolute atomic E-state index is 11.8. The van der Waals surface area contributed by atoms with Gasteiger partial charge in [-0.05, 0) is 18.2 Å². The van der Waals surface area contributed by atoms with Crippen LogP contribution in [0, 0.1) is 0 Å². The minimum Gasteiger partial charge on any atom is -0.478 e. The first kappa shape index (κ1) is 14.9. The topological polar surface area (TPSA) is 96.3 Å². The van der Waals surface area contributed by atoms with Crippen LogP contribution in [-0.2, 0) is 13.6 Å². The molecule has 0 unspecified atom stereocenters. The number of rotatable bonds is 4. The van der Waals surface area contributed by atoms with Crippen molar-refractivity contribution in [3.05, 3.63) is 47.0 Å². The van der Waals surface area contributed by atoms with Crippen molar-refractivity contribution in [2.45, 2.75) is 6.54 Å². The predicted octanol–water partition coefficient (Wildman–Crippen LogP) is 2.09. The van der Waals surface area contributed by atoms with Crippen LogP contribution in [0.15, 0.2) is 30.6 Å². The van der Waals surface area contributed by atoms with Gasteiger partial charge in [0.25, 0.3) is 0 Å². The average Bonchev–Trinajstić information content (AvgIpc) is 2.84. The second kappa shape index (κ2) is 6.27. The zero-order valence-electron chi connectivity index (χ0n) is 11.1. The summed E-state index contributed by atoms with van der Waals surface area (Å²) in [7, 11) is 1.81.